The second-order valence-electron chi connectivity index (χ2n) is 5.75. The van der Waals surface area contributed by atoms with Crippen molar-refractivity contribution in [3.63, 3.8) is 0 Å². The number of fused-ring (bicyclic) bond motifs is 1. The maximum atomic E-state index is 12.4. The molecule has 6 nitrogen and oxygen atoms in total. The van der Waals surface area contributed by atoms with E-state index >= 15 is 0 Å². The highest BCUT2D eigenvalue weighted by Crippen LogP contribution is 2.36. The van der Waals surface area contributed by atoms with Gasteiger partial charge in [0.1, 0.15) is 5.75 Å². The molecule has 26 heavy (non-hydrogen) atoms. The van der Waals surface area contributed by atoms with Gasteiger partial charge in [-0.1, -0.05) is 17.9 Å². The van der Waals surface area contributed by atoms with Crippen LogP contribution in [0.1, 0.15) is 36.1 Å². The summed E-state index contributed by atoms with van der Waals surface area (Å²) in [5.41, 5.74) is 3.41. The molecule has 1 aliphatic heterocycles. The number of aromatic nitrogens is 1. The predicted molar refractivity (Wildman–Crippen MR) is 98.7 cm³/mol. The number of aliphatic carboxylic acids is 1. The SMILES string of the molecule is COc1cc[nH]c1C=C1C(=O)Nc2cccc(C#CCCCC(=O)O)c21. The van der Waals surface area contributed by atoms with Gasteiger partial charge in [-0.3, -0.25) is 9.59 Å². The van der Waals surface area contributed by atoms with Crippen molar-refractivity contribution in [2.24, 2.45) is 0 Å². The Hall–Kier alpha value is -3.46. The number of anilines is 1. The maximum absolute atomic E-state index is 12.4. The summed E-state index contributed by atoms with van der Waals surface area (Å²) in [6.07, 6.45) is 4.57. The molecule has 0 unspecified atom stereocenters. The van der Waals surface area contributed by atoms with E-state index in [1.54, 1.807) is 25.4 Å². The molecule has 0 saturated heterocycles. The van der Waals surface area contributed by atoms with Crippen LogP contribution in [0.25, 0.3) is 11.6 Å². The Morgan fingerprint density at radius 2 is 2.19 bits per heavy atom. The number of nitrogens with one attached hydrogen (secondary N) is 2. The minimum atomic E-state index is -0.827. The molecule has 0 bridgehead atoms. The monoisotopic (exact) mass is 350 g/mol. The molecule has 2 aromatic rings. The molecule has 132 valence electrons. The lowest BCUT2D eigenvalue weighted by molar-refractivity contribution is -0.137. The first-order chi connectivity index (χ1) is 12.6. The number of H-pyrrole nitrogens is 1. The molecule has 0 fully saturated rings. The van der Waals surface area contributed by atoms with Gasteiger partial charge in [0.2, 0.25) is 0 Å². The fourth-order valence-electron chi connectivity index (χ4n) is 2.78. The van der Waals surface area contributed by atoms with Gasteiger partial charge in [0, 0.05) is 30.2 Å². The molecular weight excluding hydrogens is 332 g/mol. The highest BCUT2D eigenvalue weighted by atomic mass is 16.5. The van der Waals surface area contributed by atoms with Crippen LogP contribution in [0.2, 0.25) is 0 Å². The average Bonchev–Trinajstić information content (AvgIpc) is 3.19. The van der Waals surface area contributed by atoms with E-state index < -0.39 is 5.97 Å². The molecule has 0 atom stereocenters. The predicted octanol–water partition coefficient (Wildman–Crippen LogP) is 3.12. The quantitative estimate of drug-likeness (QED) is 0.439. The maximum Gasteiger partial charge on any atom is 0.303 e. The number of amides is 1. The molecule has 3 N–H and O–H groups in total. The van der Waals surface area contributed by atoms with Crippen molar-refractivity contribution in [3.8, 4) is 17.6 Å². The minimum Gasteiger partial charge on any atom is -0.495 e. The molecule has 6 heteroatoms. The van der Waals surface area contributed by atoms with Crippen LogP contribution in [-0.2, 0) is 9.59 Å². The number of ether oxygens (including phenoxy) is 1. The number of aromatic amines is 1. The van der Waals surface area contributed by atoms with Crippen molar-refractivity contribution in [1.29, 1.82) is 0 Å². The van der Waals surface area contributed by atoms with Gasteiger partial charge < -0.3 is 20.1 Å². The topological polar surface area (TPSA) is 91.4 Å². The third-order valence-corrected chi connectivity index (χ3v) is 3.99. The van der Waals surface area contributed by atoms with Crippen molar-refractivity contribution in [1.82, 2.24) is 4.98 Å². The lowest BCUT2D eigenvalue weighted by Crippen LogP contribution is -2.03. The fraction of sp³-hybridized carbons (Fsp3) is 0.200. The normalized spacial score (nSPS) is 13.7. The van der Waals surface area contributed by atoms with Crippen molar-refractivity contribution < 1.29 is 19.4 Å². The van der Waals surface area contributed by atoms with Crippen LogP contribution in [0.5, 0.6) is 5.75 Å². The molecule has 0 radical (unpaired) electrons. The van der Waals surface area contributed by atoms with Crippen LogP contribution in [0.15, 0.2) is 30.5 Å². The summed E-state index contributed by atoms with van der Waals surface area (Å²) in [5.74, 6) is 5.68. The van der Waals surface area contributed by atoms with Crippen LogP contribution < -0.4 is 10.1 Å². The number of methoxy groups -OCH3 is 1. The number of hydrogen-bond acceptors (Lipinski definition) is 3. The van der Waals surface area contributed by atoms with E-state index in [4.69, 9.17) is 9.84 Å². The smallest absolute Gasteiger partial charge is 0.303 e. The lowest BCUT2D eigenvalue weighted by Gasteiger charge is -2.03. The van der Waals surface area contributed by atoms with E-state index in [-0.39, 0.29) is 12.3 Å². The van der Waals surface area contributed by atoms with Crippen molar-refractivity contribution in [2.75, 3.05) is 12.4 Å². The van der Waals surface area contributed by atoms with Gasteiger partial charge in [-0.2, -0.15) is 0 Å². The molecule has 1 aromatic carbocycles. The van der Waals surface area contributed by atoms with Crippen LogP contribution in [0.4, 0.5) is 5.69 Å². The average molecular weight is 350 g/mol. The fourth-order valence-corrected chi connectivity index (χ4v) is 2.78. The summed E-state index contributed by atoms with van der Waals surface area (Å²) in [4.78, 5) is 26.0. The number of hydrogen-bond donors (Lipinski definition) is 3. The van der Waals surface area contributed by atoms with Gasteiger partial charge in [0.25, 0.3) is 5.91 Å². The standard InChI is InChI=1S/C20H18N2O4/c1-26-17-10-11-21-16(17)12-14-19-13(6-3-2-4-9-18(23)24)7-5-8-15(19)22-20(14)25/h5,7-8,10-12,21H,2,4,9H2,1H3,(H,22,25)(H,23,24). The zero-order chi connectivity index (χ0) is 18.5. The van der Waals surface area contributed by atoms with Crippen LogP contribution in [0.3, 0.4) is 0 Å². The van der Waals surface area contributed by atoms with E-state index in [9.17, 15) is 9.59 Å². The van der Waals surface area contributed by atoms with Gasteiger partial charge in [-0.15, -0.1) is 0 Å². The summed E-state index contributed by atoms with van der Waals surface area (Å²) in [7, 11) is 1.57. The first-order valence-corrected chi connectivity index (χ1v) is 8.18. The van der Waals surface area contributed by atoms with Crippen molar-refractivity contribution in [3.05, 3.63) is 47.3 Å². The van der Waals surface area contributed by atoms with Crippen molar-refractivity contribution >= 4 is 29.2 Å². The Morgan fingerprint density at radius 1 is 1.35 bits per heavy atom. The van der Waals surface area contributed by atoms with Gasteiger partial charge in [-0.25, -0.2) is 0 Å². The van der Waals surface area contributed by atoms with Gasteiger partial charge in [-0.05, 0) is 30.7 Å². The van der Waals surface area contributed by atoms with Gasteiger partial charge in [0.15, 0.2) is 0 Å². The largest absolute Gasteiger partial charge is 0.495 e. The number of carboxylic acid groups (broad SMARTS) is 1. The molecule has 0 saturated carbocycles. The Morgan fingerprint density at radius 3 is 2.96 bits per heavy atom. The Bertz CT molecular complexity index is 944. The Kier molecular flexibility index (Phi) is 5.09. The third kappa shape index (κ3) is 3.62. The first kappa shape index (κ1) is 17.4. The lowest BCUT2D eigenvalue weighted by atomic mass is 9.99. The number of benzene rings is 1. The molecule has 2 heterocycles. The number of carbonyl (C=O) groups excluding carboxylic acids is 1. The molecule has 0 aliphatic carbocycles. The number of rotatable bonds is 5. The summed E-state index contributed by atoms with van der Waals surface area (Å²) < 4.78 is 5.28. The highest BCUT2D eigenvalue weighted by molar-refractivity contribution is 6.35. The first-order valence-electron chi connectivity index (χ1n) is 8.18. The summed E-state index contributed by atoms with van der Waals surface area (Å²) >= 11 is 0. The summed E-state index contributed by atoms with van der Waals surface area (Å²) in [5, 5.41) is 11.5. The molecule has 1 aliphatic rings. The van der Waals surface area contributed by atoms with E-state index in [1.807, 2.05) is 18.2 Å². The van der Waals surface area contributed by atoms with Gasteiger partial charge in [0.05, 0.1) is 24.1 Å². The number of unbranched alkanes of at least 4 members (excludes halogenated alkanes) is 1. The second kappa shape index (κ2) is 7.62. The molecule has 0 spiro atoms. The second-order valence-corrected chi connectivity index (χ2v) is 5.75. The summed E-state index contributed by atoms with van der Waals surface area (Å²) in [6.45, 7) is 0. The van der Waals surface area contributed by atoms with E-state index in [2.05, 4.69) is 22.1 Å². The van der Waals surface area contributed by atoms with Gasteiger partial charge >= 0.3 is 5.97 Å². The van der Waals surface area contributed by atoms with E-state index in [1.165, 1.54) is 0 Å². The molecule has 3 rings (SSSR count). The van der Waals surface area contributed by atoms with E-state index in [0.29, 0.717) is 35.5 Å². The summed E-state index contributed by atoms with van der Waals surface area (Å²) in [6, 6.07) is 7.30. The van der Waals surface area contributed by atoms with Crippen LogP contribution in [0, 0.1) is 11.8 Å². The molecule has 1 aromatic heterocycles. The van der Waals surface area contributed by atoms with Crippen LogP contribution >= 0.6 is 0 Å². The molecular formula is C20H18N2O4. The number of carbonyl (C=O) groups is 2. The zero-order valence-corrected chi connectivity index (χ0v) is 14.3. The van der Waals surface area contributed by atoms with E-state index in [0.717, 1.165) is 11.1 Å². The highest BCUT2D eigenvalue weighted by Gasteiger charge is 2.26. The Balaban J connectivity index is 1.93. The minimum absolute atomic E-state index is 0.0966. The zero-order valence-electron chi connectivity index (χ0n) is 14.3. The van der Waals surface area contributed by atoms with Crippen LogP contribution in [-0.4, -0.2) is 29.1 Å². The molecule has 1 amide bonds. The van der Waals surface area contributed by atoms with Crippen molar-refractivity contribution in [2.45, 2.75) is 19.3 Å². The Labute approximate surface area is 150 Å². The third-order valence-electron chi connectivity index (χ3n) is 3.99. The number of carboxylic acids is 1.